The van der Waals surface area contributed by atoms with E-state index in [1.54, 1.807) is 7.05 Å². The lowest BCUT2D eigenvalue weighted by Gasteiger charge is -2.29. The molecule has 0 spiro atoms. The Morgan fingerprint density at radius 2 is 2.00 bits per heavy atom. The molecule has 2 heterocycles. The molecule has 4 N–H and O–H groups in total. The molecule has 10 heteroatoms. The van der Waals surface area contributed by atoms with Gasteiger partial charge >= 0.3 is 0 Å². The second-order valence-corrected chi connectivity index (χ2v) is 9.71. The van der Waals surface area contributed by atoms with Crippen LogP contribution in [0.4, 0.5) is 11.5 Å². The maximum Gasteiger partial charge on any atom is 0.271 e. The van der Waals surface area contributed by atoms with Crippen LogP contribution < -0.4 is 16.4 Å². The average Bonchev–Trinajstić information content (AvgIpc) is 3.67. The predicted molar refractivity (Wildman–Crippen MR) is 142 cm³/mol. The molecule has 3 amide bonds. The highest BCUT2D eigenvalue weighted by Gasteiger charge is 2.29. The van der Waals surface area contributed by atoms with Crippen LogP contribution in [-0.4, -0.2) is 77.3 Å². The smallest absolute Gasteiger partial charge is 0.271 e. The molecule has 196 valence electrons. The molecule has 1 aromatic heterocycles. The van der Waals surface area contributed by atoms with E-state index in [4.69, 9.17) is 5.73 Å². The number of nitrogens with zero attached hydrogens (tertiary/aromatic N) is 4. The minimum absolute atomic E-state index is 0.000201. The summed E-state index contributed by atoms with van der Waals surface area (Å²) in [4.78, 5) is 49.2. The summed E-state index contributed by atoms with van der Waals surface area (Å²) in [7, 11) is 1.62. The zero-order valence-electron chi connectivity index (χ0n) is 21.5. The third-order valence-corrected chi connectivity index (χ3v) is 6.56. The van der Waals surface area contributed by atoms with Crippen molar-refractivity contribution in [2.45, 2.75) is 38.5 Å². The molecule has 1 aliphatic carbocycles. The van der Waals surface area contributed by atoms with E-state index in [9.17, 15) is 14.4 Å². The van der Waals surface area contributed by atoms with E-state index < -0.39 is 5.91 Å². The number of likely N-dealkylation sites (N-methyl/N-ethyl adjacent to an activating group) is 1. The molecule has 0 radical (unpaired) electrons. The van der Waals surface area contributed by atoms with Gasteiger partial charge < -0.3 is 21.3 Å². The molecule has 2 aliphatic rings. The first-order chi connectivity index (χ1) is 17.8. The number of nitrogens with two attached hydrogens (primary N) is 1. The number of likely N-dealkylation sites (tertiary alicyclic amines) is 1. The summed E-state index contributed by atoms with van der Waals surface area (Å²) >= 11 is 0. The van der Waals surface area contributed by atoms with E-state index in [-0.39, 0.29) is 24.1 Å². The van der Waals surface area contributed by atoms with Crippen molar-refractivity contribution in [3.8, 4) is 0 Å². The molecule has 1 saturated heterocycles. The van der Waals surface area contributed by atoms with Crippen LogP contribution in [0.1, 0.15) is 52.6 Å². The fourth-order valence-electron chi connectivity index (χ4n) is 4.17. The van der Waals surface area contributed by atoms with Crippen molar-refractivity contribution in [1.82, 2.24) is 25.1 Å². The minimum atomic E-state index is -0.630. The number of carbonyl (C=O) groups is 3. The Balaban J connectivity index is 1.27. The van der Waals surface area contributed by atoms with Gasteiger partial charge in [0.05, 0.1) is 17.9 Å². The van der Waals surface area contributed by atoms with Gasteiger partial charge in [-0.15, -0.1) is 0 Å². The second kappa shape index (κ2) is 12.0. The molecule has 1 aliphatic heterocycles. The van der Waals surface area contributed by atoms with Crippen LogP contribution in [0.5, 0.6) is 0 Å². The van der Waals surface area contributed by atoms with Gasteiger partial charge in [0.15, 0.2) is 11.5 Å². The van der Waals surface area contributed by atoms with Gasteiger partial charge in [0.2, 0.25) is 11.8 Å². The van der Waals surface area contributed by atoms with Crippen molar-refractivity contribution in [1.29, 1.82) is 0 Å². The topological polar surface area (TPSA) is 134 Å². The van der Waals surface area contributed by atoms with E-state index in [0.29, 0.717) is 24.7 Å². The van der Waals surface area contributed by atoms with Crippen molar-refractivity contribution in [3.63, 3.8) is 0 Å². The van der Waals surface area contributed by atoms with Crippen molar-refractivity contribution in [3.05, 3.63) is 59.1 Å². The number of primary amides is 1. The number of hydrogen-bond donors (Lipinski definition) is 3. The highest BCUT2D eigenvalue weighted by molar-refractivity contribution is 5.96. The summed E-state index contributed by atoms with van der Waals surface area (Å²) in [6.45, 7) is 5.20. The number of aryl methyl sites for hydroxylation is 1. The number of rotatable bonds is 12. The fourth-order valence-corrected chi connectivity index (χ4v) is 4.17. The Labute approximate surface area is 217 Å². The summed E-state index contributed by atoms with van der Waals surface area (Å²) in [5.41, 5.74) is 9.05. The summed E-state index contributed by atoms with van der Waals surface area (Å²) in [6.07, 6.45) is 7.33. The van der Waals surface area contributed by atoms with Crippen molar-refractivity contribution in [2.75, 3.05) is 45.1 Å². The number of anilines is 2. The first-order valence-corrected chi connectivity index (χ1v) is 12.7. The molecule has 0 bridgehead atoms. The van der Waals surface area contributed by atoms with Crippen LogP contribution in [0, 0.1) is 6.92 Å². The van der Waals surface area contributed by atoms with E-state index in [1.165, 1.54) is 17.4 Å². The number of hydrogen-bond acceptors (Lipinski definition) is 7. The molecule has 0 unspecified atom stereocenters. The van der Waals surface area contributed by atoms with Gasteiger partial charge in [0, 0.05) is 37.8 Å². The van der Waals surface area contributed by atoms with E-state index in [2.05, 4.69) is 25.5 Å². The number of nitrogens with one attached hydrogen (secondary N) is 2. The van der Waals surface area contributed by atoms with Crippen LogP contribution in [0.3, 0.4) is 0 Å². The molecule has 2 aromatic rings. The van der Waals surface area contributed by atoms with Gasteiger partial charge in [0.25, 0.3) is 5.91 Å². The van der Waals surface area contributed by atoms with Gasteiger partial charge in [0.1, 0.15) is 0 Å². The summed E-state index contributed by atoms with van der Waals surface area (Å²) in [6, 6.07) is 7.67. The summed E-state index contributed by atoms with van der Waals surface area (Å²) in [5.74, 6) is -0.282. The number of amides is 3. The largest absolute Gasteiger partial charge is 0.364 e. The van der Waals surface area contributed by atoms with Gasteiger partial charge in [-0.2, -0.15) is 0 Å². The standard InChI is InChI=1S/C27H35N7O3/c1-18-24(20-9-10-20)32-27(25(30-18)26(28)37)31-21-7-3-6-19(16-21)11-12-29-22(35)17-33(2)23(36)8-4-13-34-14-5-15-34/h3-4,6-8,16,20H,5,9-15,17H2,1-2H3,(H2,28,37)(H,29,35)(H,31,32)/b8-4+. The number of carbonyl (C=O) groups excluding carboxylic acids is 3. The van der Waals surface area contributed by atoms with E-state index in [1.807, 2.05) is 37.3 Å². The SMILES string of the molecule is Cc1nc(C(N)=O)c(Nc2cccc(CCNC(=O)CN(C)C(=O)/C=C/CN3CCC3)c2)nc1C1CC1. The first kappa shape index (κ1) is 26.3. The van der Waals surface area contributed by atoms with Gasteiger partial charge in [-0.1, -0.05) is 18.2 Å². The second-order valence-electron chi connectivity index (χ2n) is 9.71. The molecule has 2 fully saturated rings. The maximum absolute atomic E-state index is 12.3. The van der Waals surface area contributed by atoms with Crippen molar-refractivity contribution < 1.29 is 14.4 Å². The lowest BCUT2D eigenvalue weighted by atomic mass is 10.1. The van der Waals surface area contributed by atoms with Crippen LogP contribution in [0.25, 0.3) is 0 Å². The first-order valence-electron chi connectivity index (χ1n) is 12.7. The molecular formula is C27H35N7O3. The predicted octanol–water partition coefficient (Wildman–Crippen LogP) is 1.88. The zero-order chi connectivity index (χ0) is 26.4. The quantitative estimate of drug-likeness (QED) is 0.375. The molecule has 0 atom stereocenters. The molecule has 37 heavy (non-hydrogen) atoms. The maximum atomic E-state index is 12.3. The summed E-state index contributed by atoms with van der Waals surface area (Å²) < 4.78 is 0. The third-order valence-electron chi connectivity index (χ3n) is 6.56. The van der Waals surface area contributed by atoms with Crippen molar-refractivity contribution >= 4 is 29.2 Å². The lowest BCUT2D eigenvalue weighted by Crippen LogP contribution is -2.39. The summed E-state index contributed by atoms with van der Waals surface area (Å²) in [5, 5.41) is 6.06. The van der Waals surface area contributed by atoms with E-state index >= 15 is 0 Å². The third kappa shape index (κ3) is 7.36. The monoisotopic (exact) mass is 505 g/mol. The lowest BCUT2D eigenvalue weighted by molar-refractivity contribution is -0.131. The number of benzene rings is 1. The van der Waals surface area contributed by atoms with Crippen LogP contribution in [0.2, 0.25) is 0 Å². The van der Waals surface area contributed by atoms with E-state index in [0.717, 1.165) is 55.1 Å². The highest BCUT2D eigenvalue weighted by Crippen LogP contribution is 2.41. The Morgan fingerprint density at radius 1 is 1.22 bits per heavy atom. The van der Waals surface area contributed by atoms with Crippen LogP contribution in [0.15, 0.2) is 36.4 Å². The Hall–Kier alpha value is -3.79. The molecule has 4 rings (SSSR count). The Kier molecular flexibility index (Phi) is 8.50. The van der Waals surface area contributed by atoms with Gasteiger partial charge in [-0.3, -0.25) is 19.3 Å². The highest BCUT2D eigenvalue weighted by atomic mass is 16.2. The zero-order valence-corrected chi connectivity index (χ0v) is 21.5. The molecule has 1 aromatic carbocycles. The Morgan fingerprint density at radius 3 is 2.68 bits per heavy atom. The van der Waals surface area contributed by atoms with Crippen LogP contribution >= 0.6 is 0 Å². The van der Waals surface area contributed by atoms with Gasteiger partial charge in [-0.05, 0) is 63.4 Å². The van der Waals surface area contributed by atoms with Crippen molar-refractivity contribution in [2.24, 2.45) is 5.73 Å². The normalized spacial score (nSPS) is 15.3. The van der Waals surface area contributed by atoms with Gasteiger partial charge in [-0.25, -0.2) is 9.97 Å². The molecular weight excluding hydrogens is 470 g/mol. The van der Waals surface area contributed by atoms with Crippen LogP contribution in [-0.2, 0) is 16.0 Å². The minimum Gasteiger partial charge on any atom is -0.364 e. The fraction of sp³-hybridized carbons (Fsp3) is 0.444. The molecule has 10 nitrogen and oxygen atoms in total. The average molecular weight is 506 g/mol. The number of aromatic nitrogens is 2. The molecule has 1 saturated carbocycles. The Bertz CT molecular complexity index is 1190.